The van der Waals surface area contributed by atoms with Crippen molar-refractivity contribution in [3.8, 4) is 5.75 Å². The summed E-state index contributed by atoms with van der Waals surface area (Å²) in [5, 5.41) is 5.28. The lowest BCUT2D eigenvalue weighted by Gasteiger charge is -2.28. The lowest BCUT2D eigenvalue weighted by molar-refractivity contribution is -0.116. The van der Waals surface area contributed by atoms with Crippen molar-refractivity contribution in [2.24, 2.45) is 0 Å². The van der Waals surface area contributed by atoms with Gasteiger partial charge in [0.1, 0.15) is 5.75 Å². The minimum absolute atomic E-state index is 0.0209. The summed E-state index contributed by atoms with van der Waals surface area (Å²) >= 11 is 3.55. The predicted molar refractivity (Wildman–Crippen MR) is 104 cm³/mol. The molecule has 1 atom stereocenters. The zero-order valence-electron chi connectivity index (χ0n) is 13.9. The molecule has 25 heavy (non-hydrogen) atoms. The SMILES string of the molecule is CCOc1ccc(Br)cc1C1CC(=O)Nc2c1ccc1ccccc21. The molecule has 4 rings (SSSR count). The van der Waals surface area contributed by atoms with E-state index >= 15 is 0 Å². The Bertz CT molecular complexity index is 967. The maximum atomic E-state index is 12.4. The monoisotopic (exact) mass is 395 g/mol. The number of hydrogen-bond donors (Lipinski definition) is 1. The van der Waals surface area contributed by atoms with Crippen LogP contribution in [0.15, 0.2) is 59.1 Å². The van der Waals surface area contributed by atoms with Crippen molar-refractivity contribution in [2.45, 2.75) is 19.3 Å². The third kappa shape index (κ3) is 2.91. The molecule has 4 heteroatoms. The van der Waals surface area contributed by atoms with Gasteiger partial charge in [0.05, 0.1) is 12.3 Å². The van der Waals surface area contributed by atoms with Crippen LogP contribution >= 0.6 is 15.9 Å². The lowest BCUT2D eigenvalue weighted by Crippen LogP contribution is -2.24. The zero-order chi connectivity index (χ0) is 17.4. The van der Waals surface area contributed by atoms with Crippen molar-refractivity contribution in [1.82, 2.24) is 0 Å². The van der Waals surface area contributed by atoms with E-state index in [1.165, 1.54) is 0 Å². The van der Waals surface area contributed by atoms with Gasteiger partial charge in [-0.2, -0.15) is 0 Å². The molecule has 1 aliphatic rings. The number of hydrogen-bond acceptors (Lipinski definition) is 2. The second-order valence-corrected chi connectivity index (χ2v) is 7.09. The van der Waals surface area contributed by atoms with E-state index in [0.717, 1.165) is 37.8 Å². The first-order chi connectivity index (χ1) is 12.2. The number of amides is 1. The first-order valence-electron chi connectivity index (χ1n) is 8.41. The molecule has 1 unspecified atom stereocenters. The van der Waals surface area contributed by atoms with E-state index < -0.39 is 0 Å². The van der Waals surface area contributed by atoms with Gasteiger partial charge in [0, 0.05) is 27.8 Å². The van der Waals surface area contributed by atoms with E-state index in [9.17, 15) is 4.79 Å². The van der Waals surface area contributed by atoms with Crippen molar-refractivity contribution in [3.63, 3.8) is 0 Å². The molecule has 0 fully saturated rings. The van der Waals surface area contributed by atoms with Crippen LogP contribution in [-0.2, 0) is 4.79 Å². The number of nitrogens with one attached hydrogen (secondary N) is 1. The molecule has 3 aromatic carbocycles. The highest BCUT2D eigenvalue weighted by Gasteiger charge is 2.29. The minimum Gasteiger partial charge on any atom is -0.494 e. The molecule has 1 aliphatic heterocycles. The zero-order valence-corrected chi connectivity index (χ0v) is 15.5. The summed E-state index contributed by atoms with van der Waals surface area (Å²) in [4.78, 5) is 12.4. The number of anilines is 1. The first kappa shape index (κ1) is 16.2. The minimum atomic E-state index is -0.0209. The van der Waals surface area contributed by atoms with Crippen LogP contribution in [0.25, 0.3) is 10.8 Å². The summed E-state index contributed by atoms with van der Waals surface area (Å²) in [6.07, 6.45) is 0.419. The number of fused-ring (bicyclic) bond motifs is 3. The summed E-state index contributed by atoms with van der Waals surface area (Å²) in [6.45, 7) is 2.57. The number of benzene rings is 3. The molecule has 126 valence electrons. The molecule has 0 spiro atoms. The van der Waals surface area contributed by atoms with Crippen LogP contribution in [-0.4, -0.2) is 12.5 Å². The van der Waals surface area contributed by atoms with Crippen LogP contribution in [0.4, 0.5) is 5.69 Å². The van der Waals surface area contributed by atoms with Crippen molar-refractivity contribution in [3.05, 3.63) is 70.2 Å². The van der Waals surface area contributed by atoms with Crippen LogP contribution < -0.4 is 10.1 Å². The molecule has 3 aromatic rings. The molecule has 0 radical (unpaired) electrons. The Hall–Kier alpha value is -2.33. The molecule has 0 saturated carbocycles. The van der Waals surface area contributed by atoms with Gasteiger partial charge in [0.2, 0.25) is 5.91 Å². The van der Waals surface area contributed by atoms with Gasteiger partial charge in [-0.25, -0.2) is 0 Å². The van der Waals surface area contributed by atoms with Crippen molar-refractivity contribution < 1.29 is 9.53 Å². The average Bonchev–Trinajstić information content (AvgIpc) is 2.62. The van der Waals surface area contributed by atoms with Gasteiger partial charge in [-0.3, -0.25) is 4.79 Å². The Balaban J connectivity index is 1.93. The molecule has 0 bridgehead atoms. The van der Waals surface area contributed by atoms with Crippen LogP contribution in [0.3, 0.4) is 0 Å². The van der Waals surface area contributed by atoms with Gasteiger partial charge in [-0.1, -0.05) is 52.3 Å². The smallest absolute Gasteiger partial charge is 0.225 e. The normalized spacial score (nSPS) is 16.4. The standard InChI is InChI=1S/C21H18BrNO2/c1-2-25-19-10-8-14(22)11-18(19)17-12-20(24)23-21-15-6-4-3-5-13(15)7-9-16(17)21/h3-11,17H,2,12H2,1H3,(H,23,24). The molecule has 0 aromatic heterocycles. The highest BCUT2D eigenvalue weighted by molar-refractivity contribution is 9.10. The molecule has 0 saturated heterocycles. The second-order valence-electron chi connectivity index (χ2n) is 6.17. The fourth-order valence-electron chi connectivity index (χ4n) is 3.56. The van der Waals surface area contributed by atoms with Crippen LogP contribution in [0.5, 0.6) is 5.75 Å². The summed E-state index contributed by atoms with van der Waals surface area (Å²) < 4.78 is 6.82. The van der Waals surface area contributed by atoms with E-state index in [2.05, 4.69) is 51.6 Å². The Labute approximate surface area is 155 Å². The van der Waals surface area contributed by atoms with E-state index in [1.807, 2.05) is 31.2 Å². The summed E-state index contributed by atoms with van der Waals surface area (Å²) in [6, 6.07) is 18.4. The maximum Gasteiger partial charge on any atom is 0.225 e. The van der Waals surface area contributed by atoms with Gasteiger partial charge in [0.25, 0.3) is 0 Å². The van der Waals surface area contributed by atoms with Gasteiger partial charge in [-0.15, -0.1) is 0 Å². The molecule has 3 nitrogen and oxygen atoms in total. The Morgan fingerprint density at radius 3 is 2.80 bits per heavy atom. The van der Waals surface area contributed by atoms with Crippen molar-refractivity contribution >= 4 is 38.3 Å². The molecular weight excluding hydrogens is 378 g/mol. The molecule has 1 N–H and O–H groups in total. The van der Waals surface area contributed by atoms with Crippen molar-refractivity contribution in [1.29, 1.82) is 0 Å². The van der Waals surface area contributed by atoms with Gasteiger partial charge in [0.15, 0.2) is 0 Å². The number of halogens is 1. The van der Waals surface area contributed by atoms with E-state index in [-0.39, 0.29) is 11.8 Å². The lowest BCUT2D eigenvalue weighted by atomic mass is 9.83. The highest BCUT2D eigenvalue weighted by atomic mass is 79.9. The highest BCUT2D eigenvalue weighted by Crippen LogP contribution is 2.44. The third-order valence-electron chi connectivity index (χ3n) is 4.64. The van der Waals surface area contributed by atoms with Crippen LogP contribution in [0.2, 0.25) is 0 Å². The third-order valence-corrected chi connectivity index (χ3v) is 5.13. The average molecular weight is 396 g/mol. The number of rotatable bonds is 3. The van der Waals surface area contributed by atoms with Gasteiger partial charge < -0.3 is 10.1 Å². The summed E-state index contributed by atoms with van der Waals surface area (Å²) in [5.74, 6) is 0.855. The molecule has 1 heterocycles. The molecular formula is C21H18BrNO2. The largest absolute Gasteiger partial charge is 0.494 e. The fraction of sp³-hybridized carbons (Fsp3) is 0.190. The first-order valence-corrected chi connectivity index (χ1v) is 9.20. The quantitative estimate of drug-likeness (QED) is 0.637. The van der Waals surface area contributed by atoms with Crippen LogP contribution in [0, 0.1) is 0 Å². The number of carbonyl (C=O) groups excluding carboxylic acids is 1. The van der Waals surface area contributed by atoms with E-state index in [1.54, 1.807) is 0 Å². The van der Waals surface area contributed by atoms with Gasteiger partial charge >= 0.3 is 0 Å². The molecule has 0 aliphatic carbocycles. The van der Waals surface area contributed by atoms with Crippen molar-refractivity contribution in [2.75, 3.05) is 11.9 Å². The predicted octanol–water partition coefficient (Wildman–Crippen LogP) is 5.48. The second kappa shape index (κ2) is 6.52. The number of carbonyl (C=O) groups is 1. The Morgan fingerprint density at radius 2 is 1.96 bits per heavy atom. The number of ether oxygens (including phenoxy) is 1. The fourth-order valence-corrected chi connectivity index (χ4v) is 3.94. The Kier molecular flexibility index (Phi) is 4.22. The van der Waals surface area contributed by atoms with E-state index in [4.69, 9.17) is 4.74 Å². The molecule has 1 amide bonds. The van der Waals surface area contributed by atoms with E-state index in [0.29, 0.717) is 13.0 Å². The summed E-state index contributed by atoms with van der Waals surface area (Å²) in [5.41, 5.74) is 3.10. The Morgan fingerprint density at radius 1 is 1.12 bits per heavy atom. The maximum absolute atomic E-state index is 12.4. The topological polar surface area (TPSA) is 38.3 Å². The van der Waals surface area contributed by atoms with Gasteiger partial charge in [-0.05, 0) is 36.1 Å². The van der Waals surface area contributed by atoms with Crippen LogP contribution in [0.1, 0.15) is 30.4 Å². The summed E-state index contributed by atoms with van der Waals surface area (Å²) in [7, 11) is 0.